The molecule has 0 aliphatic carbocycles. The highest BCUT2D eigenvalue weighted by Crippen LogP contribution is 2.32. The van der Waals surface area contributed by atoms with E-state index in [2.05, 4.69) is 25.8 Å². The van der Waals surface area contributed by atoms with Crippen molar-refractivity contribution in [2.75, 3.05) is 5.73 Å². The van der Waals surface area contributed by atoms with Crippen molar-refractivity contribution in [3.8, 4) is 6.07 Å². The van der Waals surface area contributed by atoms with Gasteiger partial charge >= 0.3 is 0 Å². The molecule has 0 radical (unpaired) electrons. The van der Waals surface area contributed by atoms with E-state index >= 15 is 0 Å². The lowest BCUT2D eigenvalue weighted by molar-refractivity contribution is 0.568. The first-order valence-corrected chi connectivity index (χ1v) is 7.07. The summed E-state index contributed by atoms with van der Waals surface area (Å²) in [4.78, 5) is 5.46. The third-order valence-corrected chi connectivity index (χ3v) is 3.82. The van der Waals surface area contributed by atoms with Gasteiger partial charge in [0.2, 0.25) is 0 Å². The highest BCUT2D eigenvalue weighted by Gasteiger charge is 2.22. The van der Waals surface area contributed by atoms with E-state index in [4.69, 9.17) is 11.0 Å². The lowest BCUT2D eigenvalue weighted by Gasteiger charge is -2.17. The van der Waals surface area contributed by atoms with Crippen LogP contribution in [0.2, 0.25) is 0 Å². The van der Waals surface area contributed by atoms with E-state index < -0.39 is 5.82 Å². The highest BCUT2D eigenvalue weighted by molar-refractivity contribution is 7.15. The fourth-order valence-corrected chi connectivity index (χ4v) is 3.11. The van der Waals surface area contributed by atoms with Crippen LogP contribution >= 0.6 is 11.3 Å². The van der Waals surface area contributed by atoms with Gasteiger partial charge in [-0.3, -0.25) is 0 Å². The number of hydrogen-bond acceptors (Lipinski definition) is 4. The molecule has 1 heterocycles. The molecule has 3 nitrogen and oxygen atoms in total. The molecule has 2 aromatic rings. The van der Waals surface area contributed by atoms with E-state index in [0.29, 0.717) is 11.6 Å². The van der Waals surface area contributed by atoms with Gasteiger partial charge in [-0.05, 0) is 17.7 Å². The largest absolute Gasteiger partial charge is 0.375 e. The minimum Gasteiger partial charge on any atom is -0.375 e. The first-order valence-electron chi connectivity index (χ1n) is 6.25. The van der Waals surface area contributed by atoms with Crippen molar-refractivity contribution in [2.24, 2.45) is 0 Å². The van der Waals surface area contributed by atoms with Crippen molar-refractivity contribution >= 4 is 16.5 Å². The number of nitrogens with two attached hydrogens (primary N) is 1. The molecule has 0 unspecified atom stereocenters. The predicted molar refractivity (Wildman–Crippen MR) is 79.1 cm³/mol. The number of thiazole rings is 1. The monoisotopic (exact) mass is 289 g/mol. The number of nitrogen functional groups attached to an aromatic ring is 1. The normalized spacial score (nSPS) is 11.3. The van der Waals surface area contributed by atoms with Gasteiger partial charge in [0.1, 0.15) is 11.9 Å². The van der Waals surface area contributed by atoms with Gasteiger partial charge in [0.25, 0.3) is 0 Å². The van der Waals surface area contributed by atoms with E-state index in [1.165, 1.54) is 17.4 Å². The minimum atomic E-state index is -0.490. The zero-order chi connectivity index (χ0) is 14.9. The number of aromatic nitrogens is 1. The van der Waals surface area contributed by atoms with Crippen LogP contribution in [0.3, 0.4) is 0 Å². The summed E-state index contributed by atoms with van der Waals surface area (Å²) in [6.45, 7) is 6.24. The van der Waals surface area contributed by atoms with Crippen LogP contribution < -0.4 is 5.73 Å². The SMILES string of the molecule is CC(C)(C)c1nc(N)sc1Cc1ccc(F)c(C#N)c1. The average Bonchev–Trinajstić information content (AvgIpc) is 2.72. The molecule has 0 saturated heterocycles. The van der Waals surface area contributed by atoms with E-state index in [-0.39, 0.29) is 11.0 Å². The Morgan fingerprint density at radius 3 is 2.70 bits per heavy atom. The Bertz CT molecular complexity index is 677. The molecule has 0 spiro atoms. The Hall–Kier alpha value is -1.93. The van der Waals surface area contributed by atoms with Crippen molar-refractivity contribution in [3.05, 3.63) is 45.7 Å². The molecule has 0 atom stereocenters. The number of nitriles is 1. The van der Waals surface area contributed by atoms with Crippen LogP contribution in [0.5, 0.6) is 0 Å². The van der Waals surface area contributed by atoms with Crippen LogP contribution in [0.1, 0.15) is 42.5 Å². The molecule has 20 heavy (non-hydrogen) atoms. The second-order valence-electron chi connectivity index (χ2n) is 5.68. The second-order valence-corrected chi connectivity index (χ2v) is 6.79. The van der Waals surface area contributed by atoms with Gasteiger partial charge < -0.3 is 5.73 Å². The van der Waals surface area contributed by atoms with Crippen molar-refractivity contribution in [2.45, 2.75) is 32.6 Å². The van der Waals surface area contributed by atoms with Gasteiger partial charge in [-0.25, -0.2) is 9.37 Å². The lowest BCUT2D eigenvalue weighted by atomic mass is 9.90. The van der Waals surface area contributed by atoms with E-state index in [1.54, 1.807) is 12.1 Å². The molecule has 2 N–H and O–H groups in total. The van der Waals surface area contributed by atoms with Crippen LogP contribution in [0, 0.1) is 17.1 Å². The van der Waals surface area contributed by atoms with Crippen molar-refractivity contribution in [1.82, 2.24) is 4.98 Å². The van der Waals surface area contributed by atoms with Gasteiger partial charge in [0.05, 0.1) is 11.3 Å². The molecule has 0 fully saturated rings. The van der Waals surface area contributed by atoms with Crippen molar-refractivity contribution in [1.29, 1.82) is 5.26 Å². The van der Waals surface area contributed by atoms with Crippen molar-refractivity contribution in [3.63, 3.8) is 0 Å². The molecule has 0 aliphatic heterocycles. The number of anilines is 1. The summed E-state index contributed by atoms with van der Waals surface area (Å²) in [6, 6.07) is 6.46. The third kappa shape index (κ3) is 2.97. The summed E-state index contributed by atoms with van der Waals surface area (Å²) < 4.78 is 13.3. The topological polar surface area (TPSA) is 62.7 Å². The number of hydrogen-bond donors (Lipinski definition) is 1. The van der Waals surface area contributed by atoms with E-state index in [9.17, 15) is 4.39 Å². The first-order chi connectivity index (χ1) is 9.31. The smallest absolute Gasteiger partial charge is 0.180 e. The Balaban J connectivity index is 2.38. The number of rotatable bonds is 2. The number of nitrogens with zero attached hydrogens (tertiary/aromatic N) is 2. The Labute approximate surface area is 121 Å². The predicted octanol–water partition coefficient (Wildman–Crippen LogP) is 3.62. The molecular weight excluding hydrogens is 273 g/mol. The summed E-state index contributed by atoms with van der Waals surface area (Å²) >= 11 is 1.44. The molecular formula is C15H16FN3S. The zero-order valence-corrected chi connectivity index (χ0v) is 12.5. The quantitative estimate of drug-likeness (QED) is 0.918. The second kappa shape index (κ2) is 5.22. The summed E-state index contributed by atoms with van der Waals surface area (Å²) in [7, 11) is 0. The maximum atomic E-state index is 13.3. The lowest BCUT2D eigenvalue weighted by Crippen LogP contribution is -2.14. The summed E-state index contributed by atoms with van der Waals surface area (Å²) in [5.41, 5.74) is 7.62. The molecule has 0 saturated carbocycles. The number of halogens is 1. The van der Waals surface area contributed by atoms with Gasteiger partial charge in [-0.1, -0.05) is 26.8 Å². The summed E-state index contributed by atoms with van der Waals surface area (Å²) in [5, 5.41) is 9.41. The summed E-state index contributed by atoms with van der Waals surface area (Å²) in [6.07, 6.45) is 0.608. The van der Waals surface area contributed by atoms with Crippen LogP contribution in [0.15, 0.2) is 18.2 Å². The van der Waals surface area contributed by atoms with Crippen LogP contribution in [-0.4, -0.2) is 4.98 Å². The van der Waals surface area contributed by atoms with E-state index in [1.807, 2.05) is 6.07 Å². The molecule has 5 heteroatoms. The molecule has 104 valence electrons. The van der Waals surface area contributed by atoms with Gasteiger partial charge in [0, 0.05) is 16.7 Å². The third-order valence-electron chi connectivity index (χ3n) is 2.94. The van der Waals surface area contributed by atoms with E-state index in [0.717, 1.165) is 16.1 Å². The molecule has 0 bridgehead atoms. The fraction of sp³-hybridized carbons (Fsp3) is 0.333. The molecule has 0 amide bonds. The summed E-state index contributed by atoms with van der Waals surface area (Å²) in [5.74, 6) is -0.490. The van der Waals surface area contributed by atoms with Crippen molar-refractivity contribution < 1.29 is 4.39 Å². The van der Waals surface area contributed by atoms with Crippen LogP contribution in [0.25, 0.3) is 0 Å². The molecule has 1 aromatic heterocycles. The standard InChI is InChI=1S/C15H16FN3S/c1-15(2,3)13-12(20-14(18)19-13)7-9-4-5-11(16)10(6-9)8-17/h4-6H,7H2,1-3H3,(H2,18,19). The molecule has 0 aliphatic rings. The fourth-order valence-electron chi connectivity index (χ4n) is 2.03. The average molecular weight is 289 g/mol. The Kier molecular flexibility index (Phi) is 3.78. The molecule has 1 aromatic carbocycles. The maximum Gasteiger partial charge on any atom is 0.180 e. The minimum absolute atomic E-state index is 0.0669. The Morgan fingerprint density at radius 2 is 2.10 bits per heavy atom. The maximum absolute atomic E-state index is 13.3. The number of benzene rings is 1. The van der Waals surface area contributed by atoms with Crippen LogP contribution in [0.4, 0.5) is 9.52 Å². The van der Waals surface area contributed by atoms with Gasteiger partial charge in [-0.2, -0.15) is 5.26 Å². The molecule has 2 rings (SSSR count). The Morgan fingerprint density at radius 1 is 1.40 bits per heavy atom. The zero-order valence-electron chi connectivity index (χ0n) is 11.7. The van der Waals surface area contributed by atoms with Crippen LogP contribution in [-0.2, 0) is 11.8 Å². The highest BCUT2D eigenvalue weighted by atomic mass is 32.1. The first kappa shape index (κ1) is 14.5. The van der Waals surface area contributed by atoms with Gasteiger partial charge in [0.15, 0.2) is 5.13 Å². The van der Waals surface area contributed by atoms with Gasteiger partial charge in [-0.15, -0.1) is 11.3 Å².